The zero-order valence-electron chi connectivity index (χ0n) is 10.8. The maximum absolute atomic E-state index is 11.6. The molecule has 1 heterocycles. The summed E-state index contributed by atoms with van der Waals surface area (Å²) < 4.78 is 5.07. The summed E-state index contributed by atoms with van der Waals surface area (Å²) in [5, 5.41) is 0. The minimum absolute atomic E-state index is 0.0510. The molecule has 1 fully saturated rings. The Balaban J connectivity index is 1.95. The van der Waals surface area contributed by atoms with Crippen LogP contribution < -0.4 is 5.73 Å². The predicted octanol–water partition coefficient (Wildman–Crippen LogP) is 2.50. The van der Waals surface area contributed by atoms with Crippen molar-refractivity contribution in [2.75, 3.05) is 12.3 Å². The minimum Gasteiger partial charge on any atom is -0.466 e. The minimum atomic E-state index is -0.0510. The maximum Gasteiger partial charge on any atom is 0.308 e. The molecule has 1 aliphatic rings. The topological polar surface area (TPSA) is 65.2 Å². The van der Waals surface area contributed by atoms with Crippen LogP contribution >= 0.6 is 0 Å². The Morgan fingerprint density at radius 1 is 1.44 bits per heavy atom. The number of ether oxygens (including phenoxy) is 1. The number of rotatable bonds is 3. The largest absolute Gasteiger partial charge is 0.466 e. The first kappa shape index (κ1) is 12.9. The van der Waals surface area contributed by atoms with E-state index in [2.05, 4.69) is 4.98 Å². The molecule has 4 heteroatoms. The SMILES string of the molecule is CCOC(=O)[C@H]1CC[C@H](c2ncccc2N)CC1. The van der Waals surface area contributed by atoms with Crippen molar-refractivity contribution in [3.8, 4) is 0 Å². The Morgan fingerprint density at radius 2 is 2.17 bits per heavy atom. The Bertz CT molecular complexity index is 412. The zero-order chi connectivity index (χ0) is 13.0. The van der Waals surface area contributed by atoms with Crippen molar-refractivity contribution in [3.63, 3.8) is 0 Å². The highest BCUT2D eigenvalue weighted by Gasteiger charge is 2.29. The normalized spacial score (nSPS) is 23.6. The fourth-order valence-electron chi connectivity index (χ4n) is 2.63. The van der Waals surface area contributed by atoms with Crippen molar-refractivity contribution >= 4 is 11.7 Å². The first-order valence-electron chi connectivity index (χ1n) is 6.59. The van der Waals surface area contributed by atoms with Gasteiger partial charge in [0.15, 0.2) is 0 Å². The van der Waals surface area contributed by atoms with Crippen molar-refractivity contribution in [3.05, 3.63) is 24.0 Å². The molecule has 1 aromatic rings. The second kappa shape index (κ2) is 5.85. The molecule has 4 nitrogen and oxygen atoms in total. The zero-order valence-corrected chi connectivity index (χ0v) is 10.8. The fraction of sp³-hybridized carbons (Fsp3) is 0.571. The highest BCUT2D eigenvalue weighted by molar-refractivity contribution is 5.72. The van der Waals surface area contributed by atoms with E-state index in [4.69, 9.17) is 10.5 Å². The highest BCUT2D eigenvalue weighted by atomic mass is 16.5. The molecule has 0 aliphatic heterocycles. The van der Waals surface area contributed by atoms with Gasteiger partial charge in [-0.3, -0.25) is 9.78 Å². The number of carbonyl (C=O) groups excluding carboxylic acids is 1. The van der Waals surface area contributed by atoms with E-state index in [0.29, 0.717) is 12.5 Å². The summed E-state index contributed by atoms with van der Waals surface area (Å²) in [5.74, 6) is 0.396. The van der Waals surface area contributed by atoms with Crippen molar-refractivity contribution < 1.29 is 9.53 Å². The van der Waals surface area contributed by atoms with Crippen LogP contribution in [0.4, 0.5) is 5.69 Å². The van der Waals surface area contributed by atoms with Gasteiger partial charge in [0, 0.05) is 12.1 Å². The van der Waals surface area contributed by atoms with Gasteiger partial charge in [0.2, 0.25) is 0 Å². The molecule has 18 heavy (non-hydrogen) atoms. The van der Waals surface area contributed by atoms with Crippen LogP contribution in [0.2, 0.25) is 0 Å². The predicted molar refractivity (Wildman–Crippen MR) is 70.0 cm³/mol. The van der Waals surface area contributed by atoms with E-state index in [1.807, 2.05) is 19.1 Å². The molecule has 2 rings (SSSR count). The van der Waals surface area contributed by atoms with Crippen molar-refractivity contribution in [2.45, 2.75) is 38.5 Å². The van der Waals surface area contributed by atoms with Gasteiger partial charge >= 0.3 is 5.97 Å². The quantitative estimate of drug-likeness (QED) is 0.835. The Labute approximate surface area is 108 Å². The fourth-order valence-corrected chi connectivity index (χ4v) is 2.63. The van der Waals surface area contributed by atoms with Crippen LogP contribution in [0.3, 0.4) is 0 Å². The molecular weight excluding hydrogens is 228 g/mol. The van der Waals surface area contributed by atoms with Crippen molar-refractivity contribution in [2.24, 2.45) is 5.92 Å². The molecule has 0 spiro atoms. The van der Waals surface area contributed by atoms with Gasteiger partial charge in [-0.25, -0.2) is 0 Å². The van der Waals surface area contributed by atoms with Gasteiger partial charge in [-0.15, -0.1) is 0 Å². The lowest BCUT2D eigenvalue weighted by molar-refractivity contribution is -0.149. The number of carbonyl (C=O) groups is 1. The molecule has 0 aromatic carbocycles. The number of esters is 1. The Morgan fingerprint density at radius 3 is 2.78 bits per heavy atom. The third-order valence-corrected chi connectivity index (χ3v) is 3.61. The Hall–Kier alpha value is -1.58. The molecule has 0 radical (unpaired) electrons. The van der Waals surface area contributed by atoms with Gasteiger partial charge in [0.1, 0.15) is 0 Å². The lowest BCUT2D eigenvalue weighted by atomic mass is 9.80. The summed E-state index contributed by atoms with van der Waals surface area (Å²) in [7, 11) is 0. The number of nitrogens with two attached hydrogens (primary N) is 1. The number of nitrogens with zero attached hydrogens (tertiary/aromatic N) is 1. The average Bonchev–Trinajstić information content (AvgIpc) is 2.40. The van der Waals surface area contributed by atoms with Gasteiger partial charge in [-0.05, 0) is 44.7 Å². The highest BCUT2D eigenvalue weighted by Crippen LogP contribution is 2.37. The molecule has 0 bridgehead atoms. The van der Waals surface area contributed by atoms with Crippen LogP contribution in [0.25, 0.3) is 0 Å². The van der Waals surface area contributed by atoms with Gasteiger partial charge in [0.05, 0.1) is 23.9 Å². The van der Waals surface area contributed by atoms with Crippen LogP contribution in [-0.4, -0.2) is 17.6 Å². The molecule has 0 amide bonds. The average molecular weight is 248 g/mol. The third kappa shape index (κ3) is 2.81. The monoisotopic (exact) mass is 248 g/mol. The summed E-state index contributed by atoms with van der Waals surface area (Å²) in [6, 6.07) is 3.74. The van der Waals surface area contributed by atoms with Crippen molar-refractivity contribution in [1.29, 1.82) is 0 Å². The molecule has 0 saturated heterocycles. The molecule has 1 aromatic heterocycles. The number of anilines is 1. The van der Waals surface area contributed by atoms with Crippen LogP contribution in [0.1, 0.15) is 44.2 Å². The summed E-state index contributed by atoms with van der Waals surface area (Å²) in [4.78, 5) is 16.0. The van der Waals surface area contributed by atoms with Crippen LogP contribution in [0, 0.1) is 5.92 Å². The number of nitrogen functional groups attached to an aromatic ring is 1. The van der Waals surface area contributed by atoms with Gasteiger partial charge in [-0.1, -0.05) is 0 Å². The summed E-state index contributed by atoms with van der Waals surface area (Å²) in [6.45, 7) is 2.31. The third-order valence-electron chi connectivity index (χ3n) is 3.61. The van der Waals surface area contributed by atoms with E-state index in [1.165, 1.54) is 0 Å². The molecule has 0 atom stereocenters. The summed E-state index contributed by atoms with van der Waals surface area (Å²) >= 11 is 0. The maximum atomic E-state index is 11.6. The molecule has 0 unspecified atom stereocenters. The second-order valence-electron chi connectivity index (χ2n) is 4.78. The van der Waals surface area contributed by atoms with Gasteiger partial charge in [-0.2, -0.15) is 0 Å². The van der Waals surface area contributed by atoms with E-state index < -0.39 is 0 Å². The van der Waals surface area contributed by atoms with Crippen LogP contribution in [-0.2, 0) is 9.53 Å². The first-order valence-corrected chi connectivity index (χ1v) is 6.59. The number of hydrogen-bond donors (Lipinski definition) is 1. The smallest absolute Gasteiger partial charge is 0.308 e. The molecule has 1 aliphatic carbocycles. The van der Waals surface area contributed by atoms with E-state index in [0.717, 1.165) is 37.1 Å². The first-order chi connectivity index (χ1) is 8.72. The molecule has 2 N–H and O–H groups in total. The molecule has 1 saturated carbocycles. The van der Waals surface area contributed by atoms with Crippen LogP contribution in [0.5, 0.6) is 0 Å². The summed E-state index contributed by atoms with van der Waals surface area (Å²) in [6.07, 6.45) is 5.46. The van der Waals surface area contributed by atoms with Gasteiger partial charge in [0.25, 0.3) is 0 Å². The molecular formula is C14H20N2O2. The van der Waals surface area contributed by atoms with Crippen molar-refractivity contribution in [1.82, 2.24) is 4.98 Å². The lowest BCUT2D eigenvalue weighted by Gasteiger charge is -2.27. The number of aromatic nitrogens is 1. The lowest BCUT2D eigenvalue weighted by Crippen LogP contribution is -2.23. The summed E-state index contributed by atoms with van der Waals surface area (Å²) in [5.41, 5.74) is 7.69. The number of hydrogen-bond acceptors (Lipinski definition) is 4. The number of pyridine rings is 1. The molecule has 98 valence electrons. The van der Waals surface area contributed by atoms with E-state index in [1.54, 1.807) is 6.20 Å². The van der Waals surface area contributed by atoms with E-state index in [-0.39, 0.29) is 11.9 Å². The van der Waals surface area contributed by atoms with E-state index >= 15 is 0 Å². The Kier molecular flexibility index (Phi) is 4.18. The van der Waals surface area contributed by atoms with Gasteiger partial charge < -0.3 is 10.5 Å². The standard InChI is InChI=1S/C14H20N2O2/c1-2-18-14(17)11-7-5-10(6-8-11)13-12(15)4-3-9-16-13/h3-4,9-11H,2,5-8,15H2,1H3/t10-,11-. The second-order valence-corrected chi connectivity index (χ2v) is 4.78. The van der Waals surface area contributed by atoms with E-state index in [9.17, 15) is 4.79 Å². The van der Waals surface area contributed by atoms with Crippen LogP contribution in [0.15, 0.2) is 18.3 Å².